The fourth-order valence-electron chi connectivity index (χ4n) is 0.293. The highest BCUT2D eigenvalue weighted by atomic mass is 32.9. The van der Waals surface area contributed by atoms with Gasteiger partial charge in [-0.05, 0) is 6.92 Å². The van der Waals surface area contributed by atoms with E-state index in [0.717, 1.165) is 7.11 Å². The smallest absolute Gasteiger partial charge is 0.437 e. The van der Waals surface area contributed by atoms with E-state index in [2.05, 4.69) is 8.92 Å². The molecule has 0 aliphatic heterocycles. The van der Waals surface area contributed by atoms with Gasteiger partial charge in [0.25, 0.3) is 0 Å². The number of carbonyl (C=O) groups excluding carboxylic acids is 1. The number of ether oxygens (including phenoxy) is 1. The standard InChI is InChI=1S/C4H8O5S2/c1-3-10-11(6,7)9-4(5)8-2/h3H2,1-2H3/p+1. The summed E-state index contributed by atoms with van der Waals surface area (Å²) in [6.45, 7) is 1.67. The van der Waals surface area contributed by atoms with Gasteiger partial charge in [-0.1, -0.05) is 0 Å². The molecule has 0 spiro atoms. The molecule has 0 aromatic carbocycles. The van der Waals surface area contributed by atoms with Crippen LogP contribution in [-0.2, 0) is 28.3 Å². The van der Waals surface area contributed by atoms with Crippen molar-refractivity contribution < 1.29 is 22.5 Å². The van der Waals surface area contributed by atoms with Crippen molar-refractivity contribution in [3.8, 4) is 0 Å². The fraction of sp³-hybridized carbons (Fsp3) is 0.750. The number of hydrogen-bond donors (Lipinski definition) is 1. The van der Waals surface area contributed by atoms with Gasteiger partial charge in [0.1, 0.15) is 0 Å². The second kappa shape index (κ2) is 4.47. The minimum absolute atomic E-state index is 0.381. The van der Waals surface area contributed by atoms with Crippen LogP contribution in [0.3, 0.4) is 0 Å². The van der Waals surface area contributed by atoms with E-state index in [1.807, 2.05) is 0 Å². The first-order valence-electron chi connectivity index (χ1n) is 2.70. The average Bonchev–Trinajstić information content (AvgIpc) is 1.86. The molecule has 1 unspecified atom stereocenters. The highest BCUT2D eigenvalue weighted by Crippen LogP contribution is 1.93. The van der Waals surface area contributed by atoms with Gasteiger partial charge in [0.05, 0.1) is 7.11 Å². The monoisotopic (exact) mass is 201 g/mol. The van der Waals surface area contributed by atoms with Crippen LogP contribution >= 0.6 is 0 Å². The van der Waals surface area contributed by atoms with Crippen LogP contribution in [0.15, 0.2) is 0 Å². The Labute approximate surface area is 68.4 Å². The third-order valence-electron chi connectivity index (χ3n) is 0.607. The van der Waals surface area contributed by atoms with Gasteiger partial charge in [-0.2, -0.15) is 0 Å². The molecular formula is C4H9O5S2+. The molecule has 7 heteroatoms. The van der Waals surface area contributed by atoms with Crippen LogP contribution in [0.5, 0.6) is 0 Å². The minimum Gasteiger partial charge on any atom is -0.437 e. The number of hydrogen-bond acceptors (Lipinski definition) is 4. The van der Waals surface area contributed by atoms with Crippen LogP contribution in [0.25, 0.3) is 0 Å². The summed E-state index contributed by atoms with van der Waals surface area (Å²) in [6, 6.07) is 0. The summed E-state index contributed by atoms with van der Waals surface area (Å²) >= 11 is 0. The molecule has 0 rings (SSSR count). The lowest BCUT2D eigenvalue weighted by atomic mass is 11.0. The molecule has 0 amide bonds. The van der Waals surface area contributed by atoms with Gasteiger partial charge < -0.3 is 4.74 Å². The second-order valence-corrected chi connectivity index (χ2v) is 5.18. The molecule has 0 heterocycles. The number of methoxy groups -OCH3 is 1. The Morgan fingerprint density at radius 3 is 2.64 bits per heavy atom. The molecule has 0 saturated heterocycles. The van der Waals surface area contributed by atoms with E-state index < -0.39 is 15.2 Å². The lowest BCUT2D eigenvalue weighted by molar-refractivity contribution is 0.122. The predicted octanol–water partition coefficient (Wildman–Crippen LogP) is 0.459. The summed E-state index contributed by atoms with van der Waals surface area (Å²) in [5, 5.41) is 0. The molecule has 0 aromatic rings. The van der Waals surface area contributed by atoms with Crippen molar-refractivity contribution in [2.24, 2.45) is 0 Å². The molecule has 0 radical (unpaired) electrons. The first-order chi connectivity index (χ1) is 5.02. The molecule has 0 saturated carbocycles. The summed E-state index contributed by atoms with van der Waals surface area (Å²) in [7, 11) is -1.85. The van der Waals surface area contributed by atoms with Gasteiger partial charge in [0.15, 0.2) is 5.75 Å². The van der Waals surface area contributed by atoms with Crippen LogP contribution < -0.4 is 0 Å². The quantitative estimate of drug-likeness (QED) is 0.519. The van der Waals surface area contributed by atoms with E-state index in [1.165, 1.54) is 0 Å². The van der Waals surface area contributed by atoms with Crippen LogP contribution in [-0.4, -0.2) is 27.8 Å². The summed E-state index contributed by atoms with van der Waals surface area (Å²) in [5.41, 5.74) is 0. The Balaban J connectivity index is 4.25. The Morgan fingerprint density at radius 1 is 1.73 bits per heavy atom. The Bertz CT molecular complexity index is 239. The predicted molar refractivity (Wildman–Crippen MR) is 42.2 cm³/mol. The largest absolute Gasteiger partial charge is 0.526 e. The van der Waals surface area contributed by atoms with Gasteiger partial charge in [0.2, 0.25) is 0 Å². The molecular weight excluding hydrogens is 192 g/mol. The minimum atomic E-state index is -3.55. The maximum atomic E-state index is 10.8. The average molecular weight is 201 g/mol. The van der Waals surface area contributed by atoms with Crippen molar-refractivity contribution in [3.05, 3.63) is 0 Å². The van der Waals surface area contributed by atoms with Crippen LogP contribution in [0.4, 0.5) is 4.79 Å². The van der Waals surface area contributed by atoms with Crippen molar-refractivity contribution >= 4 is 25.5 Å². The van der Waals surface area contributed by atoms with E-state index in [9.17, 15) is 9.00 Å². The zero-order valence-electron chi connectivity index (χ0n) is 6.10. The topological polar surface area (TPSA) is 72.8 Å². The summed E-state index contributed by atoms with van der Waals surface area (Å²) in [6.07, 6.45) is -1.15. The van der Waals surface area contributed by atoms with Gasteiger partial charge in [0, 0.05) is 0 Å². The van der Waals surface area contributed by atoms with Crippen molar-refractivity contribution in [1.82, 2.24) is 0 Å². The molecule has 1 N–H and O–H groups in total. The fourth-order valence-corrected chi connectivity index (χ4v) is 2.08. The van der Waals surface area contributed by atoms with Crippen LogP contribution in [0.1, 0.15) is 6.92 Å². The maximum absolute atomic E-state index is 10.8. The summed E-state index contributed by atoms with van der Waals surface area (Å²) < 4.78 is 27.6. The summed E-state index contributed by atoms with van der Waals surface area (Å²) in [5.74, 6) is 0.381. The molecule has 0 aliphatic rings. The highest BCUT2D eigenvalue weighted by Gasteiger charge is 2.20. The summed E-state index contributed by atoms with van der Waals surface area (Å²) in [4.78, 5) is 10.3. The zero-order valence-corrected chi connectivity index (χ0v) is 7.74. The van der Waals surface area contributed by atoms with Crippen molar-refractivity contribution in [2.75, 3.05) is 12.9 Å². The van der Waals surface area contributed by atoms with E-state index in [1.54, 1.807) is 6.92 Å². The molecule has 0 fully saturated rings. The molecule has 66 valence electrons. The normalized spacial score (nSPS) is 14.8. The van der Waals surface area contributed by atoms with E-state index in [0.29, 0.717) is 16.1 Å². The zero-order chi connectivity index (χ0) is 8.91. The third kappa shape index (κ3) is 4.93. The van der Waals surface area contributed by atoms with E-state index >= 15 is 0 Å². The Kier molecular flexibility index (Phi) is 4.31. The second-order valence-electron chi connectivity index (χ2n) is 1.37. The Hall–Kier alpha value is -0.400. The molecule has 5 nitrogen and oxygen atoms in total. The van der Waals surface area contributed by atoms with Gasteiger partial charge in [-0.15, -0.1) is 4.21 Å². The highest BCUT2D eigenvalue weighted by molar-refractivity contribution is 8.34. The van der Waals surface area contributed by atoms with E-state index in [-0.39, 0.29) is 0 Å². The van der Waals surface area contributed by atoms with Crippen LogP contribution in [0, 0.1) is 0 Å². The van der Waals surface area contributed by atoms with Crippen molar-refractivity contribution in [2.45, 2.75) is 6.92 Å². The van der Waals surface area contributed by atoms with Crippen LogP contribution in [0.2, 0.25) is 0 Å². The van der Waals surface area contributed by atoms with Gasteiger partial charge in [-0.3, -0.25) is 4.18 Å². The first-order valence-corrected chi connectivity index (χ1v) is 5.64. The number of rotatable bonds is 2. The Morgan fingerprint density at radius 2 is 2.27 bits per heavy atom. The van der Waals surface area contributed by atoms with Gasteiger partial charge in [-0.25, -0.2) is 9.35 Å². The van der Waals surface area contributed by atoms with Crippen molar-refractivity contribution in [3.63, 3.8) is 0 Å². The van der Waals surface area contributed by atoms with Crippen molar-refractivity contribution in [1.29, 1.82) is 0 Å². The van der Waals surface area contributed by atoms with E-state index in [4.69, 9.17) is 4.55 Å². The molecule has 1 atom stereocenters. The molecule has 0 bridgehead atoms. The van der Waals surface area contributed by atoms with Gasteiger partial charge >= 0.3 is 25.5 Å². The maximum Gasteiger partial charge on any atom is 0.526 e. The lowest BCUT2D eigenvalue weighted by Gasteiger charge is -1.93. The molecule has 11 heavy (non-hydrogen) atoms. The molecule has 0 aliphatic carbocycles. The first kappa shape index (κ1) is 10.6. The lowest BCUT2D eigenvalue weighted by Crippen LogP contribution is -2.12. The molecule has 0 aromatic heterocycles. The third-order valence-corrected chi connectivity index (χ3v) is 3.29. The number of carbonyl (C=O) groups is 1. The SMILES string of the molecule is CC[S+]=S(=O)(O)OC(=O)OC.